The molecule has 0 bridgehead atoms. The Balaban J connectivity index is 0.780. The minimum absolute atomic E-state index is 0.000589. The summed E-state index contributed by atoms with van der Waals surface area (Å²) in [5.41, 5.74) is 10.4. The first-order valence-electron chi connectivity index (χ1n) is 24.8. The van der Waals surface area contributed by atoms with Gasteiger partial charge < -0.3 is 35.8 Å². The topological polar surface area (TPSA) is 201 Å². The van der Waals surface area contributed by atoms with Crippen LogP contribution in [0.2, 0.25) is 0 Å². The van der Waals surface area contributed by atoms with Gasteiger partial charge >= 0.3 is 0 Å². The number of nitrogens with one attached hydrogen (secondary N) is 4. The van der Waals surface area contributed by atoms with Crippen LogP contribution in [-0.4, -0.2) is 93.3 Å². The number of aryl methyl sites for hydroxylation is 2. The zero-order valence-corrected chi connectivity index (χ0v) is 42.3. The highest BCUT2D eigenvalue weighted by molar-refractivity contribution is 7.13. The lowest BCUT2D eigenvalue weighted by Gasteiger charge is -2.38. The predicted octanol–water partition coefficient (Wildman–Crippen LogP) is 7.75. The predicted molar refractivity (Wildman–Crippen MR) is 273 cm³/mol. The minimum atomic E-state index is -0.911. The lowest BCUT2D eigenvalue weighted by atomic mass is 9.70. The van der Waals surface area contributed by atoms with Crippen molar-refractivity contribution in [2.45, 2.75) is 142 Å². The maximum absolute atomic E-state index is 14.1. The molecular weight excluding hydrogens is 901 g/mol. The van der Waals surface area contributed by atoms with Gasteiger partial charge in [0.25, 0.3) is 0 Å². The van der Waals surface area contributed by atoms with Crippen LogP contribution < -0.4 is 20.9 Å². The molecule has 0 unspecified atom stereocenters. The van der Waals surface area contributed by atoms with Crippen LogP contribution in [0.5, 0.6) is 0 Å². The van der Waals surface area contributed by atoms with Crippen LogP contribution in [0.4, 0.5) is 5.69 Å². The summed E-state index contributed by atoms with van der Waals surface area (Å²) in [6.45, 7) is 15.8. The van der Waals surface area contributed by atoms with Gasteiger partial charge in [0.15, 0.2) is 5.78 Å². The number of ketones is 1. The van der Waals surface area contributed by atoms with E-state index < -0.39 is 34.9 Å². The quantitative estimate of drug-likeness (QED) is 0.0651. The summed E-state index contributed by atoms with van der Waals surface area (Å²) in [6.07, 6.45) is 3.98. The van der Waals surface area contributed by atoms with Crippen molar-refractivity contribution in [2.24, 2.45) is 5.41 Å². The standard InChI is InChI=1S/C55H66N8O6S/c1-8-35-25-40-41(55(6,7)50-47(48(40)67)39-19-16-34(28-56)24-42(39)60-50)27-43(35)62-22-20-37(21-23-62)59-45(65)12-10-9-11-13-46(66)61-51(54(3,4)5)53(69)63-30-38(64)26-44(63)52(68)57-29-33-14-17-36(18-15-33)49-32(2)58-31-70-49/h14-19,24-25,27,31,37-38,44,51,60,64H,8-13,20-23,26,29-30H2,1-7H3,(H,57,68)(H,59,65)(H,61,66)/t38-,44+,51-/m1/s1. The van der Waals surface area contributed by atoms with Crippen LogP contribution in [0.1, 0.15) is 142 Å². The van der Waals surface area contributed by atoms with Crippen molar-refractivity contribution in [1.82, 2.24) is 30.8 Å². The number of unbranched alkanes of at least 4 members (excludes halogenated alkanes) is 2. The van der Waals surface area contributed by atoms with Crippen LogP contribution in [0.25, 0.3) is 21.3 Å². The van der Waals surface area contributed by atoms with Crippen molar-refractivity contribution in [2.75, 3.05) is 24.5 Å². The Bertz CT molecular complexity index is 2840. The number of carbonyl (C=O) groups is 5. The van der Waals surface area contributed by atoms with E-state index in [-0.39, 0.29) is 55.5 Å². The zero-order chi connectivity index (χ0) is 50.1. The van der Waals surface area contributed by atoms with Crippen molar-refractivity contribution in [3.8, 4) is 16.5 Å². The number of benzene rings is 3. The first-order valence-corrected chi connectivity index (χ1v) is 25.6. The molecule has 3 aliphatic rings. The number of anilines is 1. The van der Waals surface area contributed by atoms with Gasteiger partial charge in [-0.2, -0.15) is 5.26 Å². The van der Waals surface area contributed by atoms with Gasteiger partial charge in [-0.25, -0.2) is 4.98 Å². The molecule has 8 rings (SSSR count). The Morgan fingerprint density at radius 1 is 1.00 bits per heavy atom. The van der Waals surface area contributed by atoms with Crippen LogP contribution in [-0.2, 0) is 37.6 Å². The molecule has 0 radical (unpaired) electrons. The van der Waals surface area contributed by atoms with E-state index in [4.69, 9.17) is 0 Å². The summed E-state index contributed by atoms with van der Waals surface area (Å²) in [4.78, 5) is 80.8. The molecule has 0 saturated carbocycles. The molecule has 2 aliphatic heterocycles. The third-order valence-electron chi connectivity index (χ3n) is 14.5. The smallest absolute Gasteiger partial charge is 0.246 e. The molecule has 3 aromatic carbocycles. The Hall–Kier alpha value is -6.37. The number of rotatable bonds is 15. The zero-order valence-electron chi connectivity index (χ0n) is 41.5. The van der Waals surface area contributed by atoms with E-state index in [9.17, 15) is 34.3 Å². The van der Waals surface area contributed by atoms with Crippen molar-refractivity contribution in [3.63, 3.8) is 0 Å². The normalized spacial score (nSPS) is 18.2. The Labute approximate surface area is 414 Å². The molecule has 5 N–H and O–H groups in total. The van der Waals surface area contributed by atoms with Crippen LogP contribution >= 0.6 is 11.3 Å². The summed E-state index contributed by atoms with van der Waals surface area (Å²) in [6, 6.07) is 18.1. The average Bonchev–Trinajstić information content (AvgIpc) is 4.07. The average molecular weight is 967 g/mol. The number of H-pyrrole nitrogens is 1. The highest BCUT2D eigenvalue weighted by Gasteiger charge is 2.45. The summed E-state index contributed by atoms with van der Waals surface area (Å²) in [5, 5.41) is 30.1. The number of nitriles is 1. The van der Waals surface area contributed by atoms with Crippen molar-refractivity contribution in [3.05, 3.63) is 105 Å². The maximum Gasteiger partial charge on any atom is 0.246 e. The molecule has 368 valence electrons. The van der Waals surface area contributed by atoms with Gasteiger partial charge in [-0.1, -0.05) is 78.3 Å². The Morgan fingerprint density at radius 3 is 2.37 bits per heavy atom. The van der Waals surface area contributed by atoms with E-state index in [1.165, 1.54) is 4.90 Å². The number of likely N-dealkylation sites (tertiary alicyclic amines) is 1. The second-order valence-electron chi connectivity index (χ2n) is 20.9. The molecule has 2 fully saturated rings. The molecule has 3 atom stereocenters. The van der Waals surface area contributed by atoms with Gasteiger partial charge in [0, 0.05) is 84.7 Å². The van der Waals surface area contributed by atoms with Gasteiger partial charge in [0.05, 0.1) is 39.4 Å². The molecule has 4 amide bonds. The molecule has 4 heterocycles. The molecule has 70 heavy (non-hydrogen) atoms. The Morgan fingerprint density at radius 2 is 1.71 bits per heavy atom. The fourth-order valence-electron chi connectivity index (χ4n) is 10.5. The minimum Gasteiger partial charge on any atom is -0.391 e. The van der Waals surface area contributed by atoms with Gasteiger partial charge in [-0.3, -0.25) is 24.0 Å². The van der Waals surface area contributed by atoms with Gasteiger partial charge in [0.2, 0.25) is 23.6 Å². The SMILES string of the molecule is CCc1cc2c(cc1N1CCC(NC(=O)CCCCCC(=O)N[C@H](C(=O)N3C[C@H](O)C[C@H]3C(=O)NCc3ccc(-c4scnc4C)cc3)C(C)(C)C)CC1)C(C)(C)c1[nH]c3cc(C#N)ccc3c1C2=O. The first-order chi connectivity index (χ1) is 33.4. The second kappa shape index (κ2) is 20.5. The Kier molecular flexibility index (Phi) is 14.7. The largest absolute Gasteiger partial charge is 0.391 e. The fraction of sp³-hybridized carbons (Fsp3) is 0.473. The third-order valence-corrected chi connectivity index (χ3v) is 15.5. The number of hydrogen-bond donors (Lipinski definition) is 5. The van der Waals surface area contributed by atoms with E-state index >= 15 is 0 Å². The number of aliphatic hydroxyl groups excluding tert-OH is 1. The molecule has 14 nitrogen and oxygen atoms in total. The number of aromatic amines is 1. The van der Waals surface area contributed by atoms with E-state index in [1.807, 2.05) is 69.6 Å². The summed E-state index contributed by atoms with van der Waals surface area (Å²) in [5.74, 6) is -1.04. The number of amides is 4. The number of carbonyl (C=O) groups excluding carboxylic acids is 5. The number of hydrogen-bond acceptors (Lipinski definition) is 10. The summed E-state index contributed by atoms with van der Waals surface area (Å²) < 4.78 is 0. The number of β-amino-alcohol motifs (C(OH)–C–C–N with tert-alkyl or cyclic N) is 1. The van der Waals surface area contributed by atoms with Crippen molar-refractivity contribution < 1.29 is 29.1 Å². The van der Waals surface area contributed by atoms with Gasteiger partial charge in [-0.05, 0) is 91.0 Å². The van der Waals surface area contributed by atoms with E-state index in [2.05, 4.69) is 69.8 Å². The second-order valence-corrected chi connectivity index (χ2v) is 21.8. The summed E-state index contributed by atoms with van der Waals surface area (Å²) in [7, 11) is 0. The van der Waals surface area contributed by atoms with E-state index in [0.29, 0.717) is 36.8 Å². The number of aliphatic hydroxyl groups is 1. The van der Waals surface area contributed by atoms with Crippen LogP contribution in [0, 0.1) is 23.7 Å². The van der Waals surface area contributed by atoms with Crippen molar-refractivity contribution >= 4 is 57.3 Å². The van der Waals surface area contributed by atoms with Crippen molar-refractivity contribution in [1.29, 1.82) is 5.26 Å². The van der Waals surface area contributed by atoms with Gasteiger partial charge in [-0.15, -0.1) is 11.3 Å². The highest BCUT2D eigenvalue weighted by atomic mass is 32.1. The molecular formula is C55H66N8O6S. The summed E-state index contributed by atoms with van der Waals surface area (Å²) >= 11 is 1.58. The molecule has 1 aliphatic carbocycles. The van der Waals surface area contributed by atoms with Gasteiger partial charge in [0.1, 0.15) is 12.1 Å². The van der Waals surface area contributed by atoms with E-state index in [0.717, 1.165) is 93.0 Å². The highest BCUT2D eigenvalue weighted by Crippen LogP contribution is 2.46. The third kappa shape index (κ3) is 10.4. The van der Waals surface area contributed by atoms with E-state index in [1.54, 1.807) is 17.4 Å². The van der Waals surface area contributed by atoms with Crippen LogP contribution in [0.3, 0.4) is 0 Å². The molecule has 0 spiro atoms. The number of aromatic nitrogens is 2. The molecule has 15 heteroatoms. The number of thiazole rings is 1. The maximum atomic E-state index is 14.1. The molecule has 2 aromatic heterocycles. The fourth-order valence-corrected chi connectivity index (χ4v) is 11.3. The number of nitrogens with zero attached hydrogens (tertiary/aromatic N) is 4. The lowest BCUT2D eigenvalue weighted by Crippen LogP contribution is -2.57. The molecule has 2 saturated heterocycles. The lowest BCUT2D eigenvalue weighted by molar-refractivity contribution is -0.144. The van der Waals surface area contributed by atoms with Crippen LogP contribution in [0.15, 0.2) is 60.1 Å². The molecule has 5 aromatic rings. The number of fused-ring (bicyclic) bond motifs is 4. The monoisotopic (exact) mass is 966 g/mol. The number of piperidine rings is 1. The first kappa shape index (κ1) is 50.0.